The van der Waals surface area contributed by atoms with E-state index in [4.69, 9.17) is 4.74 Å². The lowest BCUT2D eigenvalue weighted by Crippen LogP contribution is -2.30. The number of anilines is 1. The van der Waals surface area contributed by atoms with Gasteiger partial charge in [0.05, 0.1) is 7.05 Å². The number of amides is 1. The third-order valence-electron chi connectivity index (χ3n) is 2.22. The number of carbonyl (C=O) groups excluding carboxylic acids is 1. The molecular weight excluding hydrogens is 314 g/mol. The molecule has 0 radical (unpaired) electrons. The highest BCUT2D eigenvalue weighted by atomic mass is 79.9. The van der Waals surface area contributed by atoms with Gasteiger partial charge >= 0.3 is 0 Å². The fourth-order valence-electron chi connectivity index (χ4n) is 1.34. The SMILES string of the molecule is CC(Oc1cccc(Br)c1)C(=O)Nc1nnn(C)n1. The summed E-state index contributed by atoms with van der Waals surface area (Å²) in [6.45, 7) is 1.65. The highest BCUT2D eigenvalue weighted by Gasteiger charge is 2.16. The number of carbonyl (C=O) groups is 1. The van der Waals surface area contributed by atoms with Crippen molar-refractivity contribution in [1.29, 1.82) is 0 Å². The number of halogens is 1. The Morgan fingerprint density at radius 2 is 2.32 bits per heavy atom. The standard InChI is InChI=1S/C11H12BrN5O2/c1-7(19-9-5-3-4-8(12)6-9)10(18)13-11-14-16-17(2)15-11/h3-7H,1-2H3,(H,13,15,18). The number of nitrogens with one attached hydrogen (secondary N) is 1. The maximum atomic E-state index is 11.8. The molecule has 2 aromatic rings. The second kappa shape index (κ2) is 5.79. The highest BCUT2D eigenvalue weighted by molar-refractivity contribution is 9.10. The van der Waals surface area contributed by atoms with Gasteiger partial charge in [0.15, 0.2) is 6.10 Å². The molecular formula is C11H12BrN5O2. The van der Waals surface area contributed by atoms with E-state index in [-0.39, 0.29) is 11.9 Å². The molecule has 1 aromatic carbocycles. The Balaban J connectivity index is 1.96. The van der Waals surface area contributed by atoms with Crippen molar-refractivity contribution in [2.45, 2.75) is 13.0 Å². The monoisotopic (exact) mass is 325 g/mol. The molecule has 0 aliphatic carbocycles. The third kappa shape index (κ3) is 3.75. The van der Waals surface area contributed by atoms with Crippen molar-refractivity contribution in [3.05, 3.63) is 28.7 Å². The van der Waals surface area contributed by atoms with E-state index in [1.54, 1.807) is 26.1 Å². The van der Waals surface area contributed by atoms with E-state index in [0.29, 0.717) is 5.75 Å². The van der Waals surface area contributed by atoms with Crippen LogP contribution in [-0.4, -0.2) is 32.2 Å². The van der Waals surface area contributed by atoms with Crippen molar-refractivity contribution in [1.82, 2.24) is 20.2 Å². The fraction of sp³-hybridized carbons (Fsp3) is 0.273. The maximum Gasteiger partial charge on any atom is 0.270 e. The summed E-state index contributed by atoms with van der Waals surface area (Å²) in [7, 11) is 1.62. The zero-order valence-corrected chi connectivity index (χ0v) is 12.0. The maximum absolute atomic E-state index is 11.8. The minimum Gasteiger partial charge on any atom is -0.481 e. The van der Waals surface area contributed by atoms with Crippen LogP contribution in [0.2, 0.25) is 0 Å². The van der Waals surface area contributed by atoms with Crippen LogP contribution < -0.4 is 10.1 Å². The first-order valence-electron chi connectivity index (χ1n) is 5.51. The van der Waals surface area contributed by atoms with E-state index in [2.05, 4.69) is 36.7 Å². The number of aromatic nitrogens is 4. The van der Waals surface area contributed by atoms with E-state index >= 15 is 0 Å². The molecule has 0 saturated carbocycles. The predicted octanol–water partition coefficient (Wildman–Crippen LogP) is 1.38. The molecule has 0 aliphatic heterocycles. The number of benzene rings is 1. The van der Waals surface area contributed by atoms with Gasteiger partial charge in [-0.3, -0.25) is 10.1 Å². The van der Waals surface area contributed by atoms with Crippen LogP contribution in [0.15, 0.2) is 28.7 Å². The zero-order chi connectivity index (χ0) is 13.8. The molecule has 1 N–H and O–H groups in total. The van der Waals surface area contributed by atoms with Gasteiger partial charge in [0.2, 0.25) is 0 Å². The number of hydrogen-bond donors (Lipinski definition) is 1. The number of aryl methyl sites for hydroxylation is 1. The van der Waals surface area contributed by atoms with Crippen LogP contribution in [0.25, 0.3) is 0 Å². The van der Waals surface area contributed by atoms with Crippen molar-refractivity contribution in [3.63, 3.8) is 0 Å². The van der Waals surface area contributed by atoms with Gasteiger partial charge < -0.3 is 4.74 Å². The van der Waals surface area contributed by atoms with Crippen LogP contribution in [0.3, 0.4) is 0 Å². The van der Waals surface area contributed by atoms with Crippen LogP contribution in [0.1, 0.15) is 6.92 Å². The van der Waals surface area contributed by atoms with E-state index in [1.165, 1.54) is 4.80 Å². The molecule has 100 valence electrons. The Labute approximate surface area is 118 Å². The van der Waals surface area contributed by atoms with Crippen molar-refractivity contribution >= 4 is 27.8 Å². The third-order valence-corrected chi connectivity index (χ3v) is 2.71. The highest BCUT2D eigenvalue weighted by Crippen LogP contribution is 2.19. The predicted molar refractivity (Wildman–Crippen MR) is 71.7 cm³/mol. The normalized spacial score (nSPS) is 11.9. The van der Waals surface area contributed by atoms with Gasteiger partial charge in [-0.05, 0) is 30.3 Å². The Kier molecular flexibility index (Phi) is 4.10. The lowest BCUT2D eigenvalue weighted by molar-refractivity contribution is -0.122. The summed E-state index contributed by atoms with van der Waals surface area (Å²) in [5.74, 6) is 0.411. The molecule has 0 saturated heterocycles. The van der Waals surface area contributed by atoms with Crippen molar-refractivity contribution in [2.75, 3.05) is 5.32 Å². The molecule has 0 spiro atoms. The van der Waals surface area contributed by atoms with E-state index < -0.39 is 6.10 Å². The molecule has 19 heavy (non-hydrogen) atoms. The summed E-state index contributed by atoms with van der Waals surface area (Å²) in [6.07, 6.45) is -0.668. The minimum atomic E-state index is -0.668. The summed E-state index contributed by atoms with van der Waals surface area (Å²) in [4.78, 5) is 13.1. The van der Waals surface area contributed by atoms with Crippen molar-refractivity contribution in [3.8, 4) is 5.75 Å². The molecule has 1 unspecified atom stereocenters. The van der Waals surface area contributed by atoms with E-state index in [1.807, 2.05) is 12.1 Å². The Hall–Kier alpha value is -1.96. The smallest absolute Gasteiger partial charge is 0.270 e. The van der Waals surface area contributed by atoms with Crippen LogP contribution in [0, 0.1) is 0 Å². The number of hydrogen-bond acceptors (Lipinski definition) is 5. The van der Waals surface area contributed by atoms with Gasteiger partial charge in [0.1, 0.15) is 5.75 Å². The molecule has 1 amide bonds. The van der Waals surface area contributed by atoms with Crippen LogP contribution in [-0.2, 0) is 11.8 Å². The fourth-order valence-corrected chi connectivity index (χ4v) is 1.72. The second-order valence-electron chi connectivity index (χ2n) is 3.81. The van der Waals surface area contributed by atoms with Crippen LogP contribution >= 0.6 is 15.9 Å². The van der Waals surface area contributed by atoms with Gasteiger partial charge in [-0.25, -0.2) is 0 Å². The molecule has 7 nitrogen and oxygen atoms in total. The second-order valence-corrected chi connectivity index (χ2v) is 4.72. The minimum absolute atomic E-state index is 0.150. The van der Waals surface area contributed by atoms with E-state index in [0.717, 1.165) is 4.47 Å². The lowest BCUT2D eigenvalue weighted by Gasteiger charge is -2.13. The summed E-state index contributed by atoms with van der Waals surface area (Å²) >= 11 is 3.33. The number of rotatable bonds is 4. The van der Waals surface area contributed by atoms with Gasteiger partial charge in [-0.1, -0.05) is 27.1 Å². The van der Waals surface area contributed by atoms with Crippen molar-refractivity contribution < 1.29 is 9.53 Å². The molecule has 0 aliphatic rings. The molecule has 1 atom stereocenters. The number of nitrogens with zero attached hydrogens (tertiary/aromatic N) is 4. The number of ether oxygens (including phenoxy) is 1. The average molecular weight is 326 g/mol. The van der Waals surface area contributed by atoms with Gasteiger partial charge in [-0.15, -0.1) is 5.10 Å². The first-order chi connectivity index (χ1) is 9.04. The molecule has 0 fully saturated rings. The first kappa shape index (κ1) is 13.5. The largest absolute Gasteiger partial charge is 0.481 e. The lowest BCUT2D eigenvalue weighted by atomic mass is 10.3. The van der Waals surface area contributed by atoms with Crippen LogP contribution in [0.4, 0.5) is 5.95 Å². The quantitative estimate of drug-likeness (QED) is 0.918. The average Bonchev–Trinajstić information content (AvgIpc) is 2.74. The molecule has 8 heteroatoms. The summed E-state index contributed by atoms with van der Waals surface area (Å²) in [5, 5.41) is 13.7. The summed E-state index contributed by atoms with van der Waals surface area (Å²) in [5.41, 5.74) is 0. The molecule has 0 bridgehead atoms. The number of tetrazole rings is 1. The summed E-state index contributed by atoms with van der Waals surface area (Å²) in [6, 6.07) is 7.26. The van der Waals surface area contributed by atoms with E-state index in [9.17, 15) is 4.79 Å². The Bertz CT molecular complexity index is 586. The first-order valence-corrected chi connectivity index (χ1v) is 6.31. The van der Waals surface area contributed by atoms with Gasteiger partial charge in [-0.2, -0.15) is 4.80 Å². The Morgan fingerprint density at radius 1 is 1.53 bits per heavy atom. The topological polar surface area (TPSA) is 81.9 Å². The van der Waals surface area contributed by atoms with Gasteiger partial charge in [0.25, 0.3) is 11.9 Å². The zero-order valence-electron chi connectivity index (χ0n) is 10.4. The molecule has 1 aromatic heterocycles. The van der Waals surface area contributed by atoms with Crippen molar-refractivity contribution in [2.24, 2.45) is 7.05 Å². The summed E-state index contributed by atoms with van der Waals surface area (Å²) < 4.78 is 6.39. The van der Waals surface area contributed by atoms with Crippen LogP contribution in [0.5, 0.6) is 5.75 Å². The molecule has 1 heterocycles. The molecule has 2 rings (SSSR count). The Morgan fingerprint density at radius 3 is 2.95 bits per heavy atom. The van der Waals surface area contributed by atoms with Gasteiger partial charge in [0, 0.05) is 4.47 Å².